The van der Waals surface area contributed by atoms with Crippen molar-refractivity contribution in [3.63, 3.8) is 0 Å². The number of sulfonamides is 2. The maximum Gasteiger partial charge on any atom is 0.264 e. The van der Waals surface area contributed by atoms with Gasteiger partial charge in [0.1, 0.15) is 18.8 Å². The van der Waals surface area contributed by atoms with Crippen LogP contribution in [0.15, 0.2) is 94.7 Å². The van der Waals surface area contributed by atoms with Gasteiger partial charge in [-0.25, -0.2) is 16.8 Å². The molecule has 4 aromatic carbocycles. The van der Waals surface area contributed by atoms with Gasteiger partial charge in [0.2, 0.25) is 11.8 Å². The fraction of sp³-hybridized carbons (Fsp3) is 0.111. The summed E-state index contributed by atoms with van der Waals surface area (Å²) in [4.78, 5) is 23.8. The highest BCUT2D eigenvalue weighted by atomic mass is 79.9. The summed E-state index contributed by atoms with van der Waals surface area (Å²) >= 11 is 0. The molecule has 0 radical (unpaired) electrons. The Hall–Kier alpha value is -3.86. The molecule has 0 spiro atoms. The van der Waals surface area contributed by atoms with Crippen molar-refractivity contribution in [2.75, 3.05) is 34.5 Å². The molecule has 0 saturated carbocycles. The number of nitrogens with two attached hydrogens (primary N) is 3. The van der Waals surface area contributed by atoms with E-state index in [0.717, 1.165) is 8.61 Å². The molecule has 0 fully saturated rings. The first-order valence-corrected chi connectivity index (χ1v) is 14.9. The topological polar surface area (TPSA) is 196 Å². The lowest BCUT2D eigenvalue weighted by Gasteiger charge is -2.28. The molecule has 12 nitrogen and oxygen atoms in total. The third-order valence-electron chi connectivity index (χ3n) is 6.13. The number of amides is 2. The Bertz CT molecular complexity index is 1840. The standard InChI is InChI=1S/C27H27N5O7S2.2BrH/c1-39-19-8-12-21(13-9-19)41(37,38)32(17-27(30)34)25-15-14-24(22-4-2-3-5-23(22)25)31(16-26(29)33)40(35,36)20-10-6-18(28)7-11-20;;/h2-15H,16-17,28H2,1H3,(H2,29,33)(H2,30,34);2*1H. The van der Waals surface area contributed by atoms with Crippen LogP contribution in [0.5, 0.6) is 5.75 Å². The molecule has 0 aliphatic rings. The third kappa shape index (κ3) is 7.38. The number of hydrogen-bond acceptors (Lipinski definition) is 8. The molecular weight excluding hydrogens is 730 g/mol. The summed E-state index contributed by atoms with van der Waals surface area (Å²) in [5.41, 5.74) is 17.0. The highest BCUT2D eigenvalue weighted by Crippen LogP contribution is 2.38. The van der Waals surface area contributed by atoms with Gasteiger partial charge in [0.05, 0.1) is 28.3 Å². The zero-order chi connectivity index (χ0) is 29.9. The lowest BCUT2D eigenvalue weighted by molar-refractivity contribution is -0.117. The Morgan fingerprint density at radius 1 is 0.651 bits per heavy atom. The summed E-state index contributed by atoms with van der Waals surface area (Å²) in [5.74, 6) is -1.41. The minimum absolute atomic E-state index is 0. The number of rotatable bonds is 11. The Morgan fingerprint density at radius 2 is 1.02 bits per heavy atom. The number of nitrogen functional groups attached to an aromatic ring is 1. The molecular formula is C27H29Br2N5O7S2. The van der Waals surface area contributed by atoms with Gasteiger partial charge in [-0.2, -0.15) is 0 Å². The molecule has 16 heteroatoms. The number of ether oxygens (including phenoxy) is 1. The van der Waals surface area contributed by atoms with Gasteiger partial charge < -0.3 is 21.9 Å². The summed E-state index contributed by atoms with van der Waals surface area (Å²) in [6.45, 7) is -1.41. The van der Waals surface area contributed by atoms with Crippen LogP contribution >= 0.6 is 34.0 Å². The maximum absolute atomic E-state index is 13.7. The predicted octanol–water partition coefficient (Wildman–Crippen LogP) is 2.95. The van der Waals surface area contributed by atoms with Crippen LogP contribution in [0.25, 0.3) is 10.8 Å². The van der Waals surface area contributed by atoms with E-state index in [1.54, 1.807) is 24.3 Å². The number of carbonyl (C=O) groups is 2. The van der Waals surface area contributed by atoms with Crippen LogP contribution < -0.4 is 30.5 Å². The largest absolute Gasteiger partial charge is 0.497 e. The van der Waals surface area contributed by atoms with Gasteiger partial charge in [0, 0.05) is 16.5 Å². The molecule has 0 aliphatic carbocycles. The second-order valence-corrected chi connectivity index (χ2v) is 12.6. The third-order valence-corrected chi connectivity index (χ3v) is 9.68. The summed E-state index contributed by atoms with van der Waals surface area (Å²) < 4.78 is 61.6. The average molecular weight is 759 g/mol. The van der Waals surface area contributed by atoms with Crippen molar-refractivity contribution in [1.29, 1.82) is 0 Å². The molecule has 0 atom stereocenters. The second-order valence-electron chi connectivity index (χ2n) is 8.85. The van der Waals surface area contributed by atoms with E-state index in [1.165, 1.54) is 67.8 Å². The van der Waals surface area contributed by atoms with Gasteiger partial charge in [0.15, 0.2) is 0 Å². The van der Waals surface area contributed by atoms with E-state index in [-0.39, 0.29) is 65.9 Å². The smallest absolute Gasteiger partial charge is 0.264 e. The van der Waals surface area contributed by atoms with Gasteiger partial charge in [-0.3, -0.25) is 18.2 Å². The molecule has 0 aromatic heterocycles. The van der Waals surface area contributed by atoms with Crippen LogP contribution in [0.2, 0.25) is 0 Å². The Morgan fingerprint density at radius 3 is 1.37 bits per heavy atom. The Labute approximate surface area is 270 Å². The number of nitrogens with zero attached hydrogens (tertiary/aromatic N) is 2. The van der Waals surface area contributed by atoms with Crippen molar-refractivity contribution in [3.8, 4) is 5.75 Å². The van der Waals surface area contributed by atoms with Crippen LogP contribution in [0.1, 0.15) is 0 Å². The number of benzene rings is 4. The number of halogens is 2. The van der Waals surface area contributed by atoms with E-state index in [4.69, 9.17) is 21.9 Å². The molecule has 0 unspecified atom stereocenters. The van der Waals surface area contributed by atoms with E-state index in [0.29, 0.717) is 11.4 Å². The SMILES string of the molecule is Br.Br.COc1ccc(S(=O)(=O)N(CC(N)=O)c2ccc(N(CC(N)=O)S(=O)(=O)c3ccc(N)cc3)c3ccccc23)cc1. The Balaban J connectivity index is 0.00000323. The molecule has 0 bridgehead atoms. The molecule has 0 heterocycles. The average Bonchev–Trinajstić information content (AvgIpc) is 2.94. The number of primary amides is 2. The molecule has 2 amide bonds. The van der Waals surface area contributed by atoms with Crippen molar-refractivity contribution in [2.45, 2.75) is 9.79 Å². The minimum Gasteiger partial charge on any atom is -0.497 e. The Kier molecular flexibility index (Phi) is 11.6. The summed E-state index contributed by atoms with van der Waals surface area (Å²) in [7, 11) is -7.23. The van der Waals surface area contributed by atoms with Crippen LogP contribution in [0.3, 0.4) is 0 Å². The molecule has 4 rings (SSSR count). The van der Waals surface area contributed by atoms with Gasteiger partial charge in [0.25, 0.3) is 20.0 Å². The van der Waals surface area contributed by atoms with Gasteiger partial charge in [-0.05, 0) is 60.7 Å². The quantitative estimate of drug-likeness (QED) is 0.194. The van der Waals surface area contributed by atoms with Crippen molar-refractivity contribution >= 4 is 93.7 Å². The monoisotopic (exact) mass is 757 g/mol. The number of fused-ring (bicyclic) bond motifs is 1. The predicted molar refractivity (Wildman–Crippen MR) is 176 cm³/mol. The van der Waals surface area contributed by atoms with Gasteiger partial charge >= 0.3 is 0 Å². The number of anilines is 3. The first-order chi connectivity index (χ1) is 19.4. The fourth-order valence-corrected chi connectivity index (χ4v) is 7.13. The molecule has 0 aliphatic heterocycles. The highest BCUT2D eigenvalue weighted by molar-refractivity contribution is 8.93. The van der Waals surface area contributed by atoms with E-state index >= 15 is 0 Å². The van der Waals surface area contributed by atoms with Gasteiger partial charge in [-0.1, -0.05) is 24.3 Å². The maximum atomic E-state index is 13.7. The van der Waals surface area contributed by atoms with Crippen molar-refractivity contribution < 1.29 is 31.2 Å². The van der Waals surface area contributed by atoms with Crippen LogP contribution in [0, 0.1) is 0 Å². The van der Waals surface area contributed by atoms with Crippen molar-refractivity contribution in [3.05, 3.63) is 84.9 Å². The van der Waals surface area contributed by atoms with Crippen LogP contribution in [-0.4, -0.2) is 48.8 Å². The lowest BCUT2D eigenvalue weighted by atomic mass is 10.1. The molecule has 6 N–H and O–H groups in total. The first kappa shape index (κ1) is 35.3. The molecule has 4 aromatic rings. The van der Waals surface area contributed by atoms with Crippen molar-refractivity contribution in [1.82, 2.24) is 0 Å². The van der Waals surface area contributed by atoms with E-state index in [9.17, 15) is 26.4 Å². The normalized spacial score (nSPS) is 11.1. The van der Waals surface area contributed by atoms with Gasteiger partial charge in [-0.15, -0.1) is 34.0 Å². The minimum atomic E-state index is -4.33. The molecule has 0 saturated heterocycles. The number of carbonyl (C=O) groups excluding carboxylic acids is 2. The van der Waals surface area contributed by atoms with E-state index < -0.39 is 45.0 Å². The van der Waals surface area contributed by atoms with E-state index in [2.05, 4.69) is 0 Å². The molecule has 230 valence electrons. The first-order valence-electron chi connectivity index (χ1n) is 12.0. The van der Waals surface area contributed by atoms with Crippen LogP contribution in [0.4, 0.5) is 17.1 Å². The summed E-state index contributed by atoms with van der Waals surface area (Å²) in [6, 6.07) is 20.0. The number of methoxy groups -OCH3 is 1. The fourth-order valence-electron chi connectivity index (χ4n) is 4.23. The van der Waals surface area contributed by atoms with Crippen LogP contribution in [-0.2, 0) is 29.6 Å². The zero-order valence-electron chi connectivity index (χ0n) is 22.6. The zero-order valence-corrected chi connectivity index (χ0v) is 27.7. The molecule has 43 heavy (non-hydrogen) atoms. The summed E-state index contributed by atoms with van der Waals surface area (Å²) in [6.07, 6.45) is 0. The van der Waals surface area contributed by atoms with Crippen molar-refractivity contribution in [2.24, 2.45) is 11.5 Å². The summed E-state index contributed by atoms with van der Waals surface area (Å²) in [5, 5.41) is 0.537. The highest BCUT2D eigenvalue weighted by Gasteiger charge is 2.31. The lowest BCUT2D eigenvalue weighted by Crippen LogP contribution is -2.39. The second kappa shape index (κ2) is 14.1. The number of hydrogen-bond donors (Lipinski definition) is 3. The van der Waals surface area contributed by atoms with E-state index in [1.807, 2.05) is 0 Å².